The molecule has 4 rings (SSSR count). The molecule has 2 aromatic carbocycles. The largest absolute Gasteiger partial charge is 0.443 e. The summed E-state index contributed by atoms with van der Waals surface area (Å²) in [4.78, 5) is 17.6. The second kappa shape index (κ2) is 11.2. The maximum absolute atomic E-state index is 13.8. The molecule has 2 N–H and O–H groups in total. The number of anilines is 1. The molecule has 0 aliphatic heterocycles. The molecule has 1 aliphatic carbocycles. The minimum atomic E-state index is -4.43. The van der Waals surface area contributed by atoms with Gasteiger partial charge in [-0.15, -0.1) is 0 Å². The summed E-state index contributed by atoms with van der Waals surface area (Å²) >= 11 is 0. The lowest BCUT2D eigenvalue weighted by atomic mass is 9.89. The molecule has 1 amide bonds. The summed E-state index contributed by atoms with van der Waals surface area (Å²) in [6.07, 6.45) is -1.55. The molecule has 9 heteroatoms. The predicted octanol–water partition coefficient (Wildman–Crippen LogP) is 6.94. The van der Waals surface area contributed by atoms with Crippen molar-refractivity contribution in [2.75, 3.05) is 19.0 Å². The number of nitrogens with two attached hydrogens (primary N) is 1. The number of hydrogen-bond acceptors (Lipinski definition) is 4. The van der Waals surface area contributed by atoms with Gasteiger partial charge in [0.1, 0.15) is 12.1 Å². The highest BCUT2D eigenvalue weighted by Crippen LogP contribution is 2.39. The first-order valence-corrected chi connectivity index (χ1v) is 13.4. The Kier molecular flexibility index (Phi) is 8.33. The Hall–Kier alpha value is -3.04. The Bertz CT molecular complexity index is 1300. The number of nitrogens with zero attached hydrogens (tertiary/aromatic N) is 3. The van der Waals surface area contributed by atoms with Crippen LogP contribution in [0.15, 0.2) is 48.5 Å². The van der Waals surface area contributed by atoms with Crippen LogP contribution in [0.1, 0.15) is 52.0 Å². The van der Waals surface area contributed by atoms with Crippen molar-refractivity contribution in [3.63, 3.8) is 0 Å². The zero-order valence-electron chi connectivity index (χ0n) is 23.4. The molecular formula is C30H39F3N4O2. The molecule has 1 aliphatic rings. The second-order valence-electron chi connectivity index (χ2n) is 11.6. The molecule has 1 aromatic heterocycles. The number of aromatic nitrogens is 1. The first-order chi connectivity index (χ1) is 18.3. The van der Waals surface area contributed by atoms with Crippen molar-refractivity contribution < 1.29 is 22.7 Å². The summed E-state index contributed by atoms with van der Waals surface area (Å²) in [5, 5.41) is 0.579. The van der Waals surface area contributed by atoms with Crippen LogP contribution in [-0.4, -0.2) is 53.5 Å². The summed E-state index contributed by atoms with van der Waals surface area (Å²) in [7, 11) is 4.11. The van der Waals surface area contributed by atoms with Crippen molar-refractivity contribution in [3.05, 3.63) is 54.1 Å². The van der Waals surface area contributed by atoms with Gasteiger partial charge in [0.15, 0.2) is 0 Å². The first-order valence-electron chi connectivity index (χ1n) is 13.4. The van der Waals surface area contributed by atoms with E-state index in [9.17, 15) is 18.0 Å². The molecular weight excluding hydrogens is 505 g/mol. The fourth-order valence-electron chi connectivity index (χ4n) is 5.51. The fraction of sp³-hybridized carbons (Fsp3) is 0.500. The van der Waals surface area contributed by atoms with E-state index in [2.05, 4.69) is 19.0 Å². The highest BCUT2D eigenvalue weighted by atomic mass is 19.4. The van der Waals surface area contributed by atoms with Gasteiger partial charge >= 0.3 is 12.3 Å². The number of carbonyl (C=O) groups is 1. The van der Waals surface area contributed by atoms with E-state index in [1.54, 1.807) is 35.2 Å². The van der Waals surface area contributed by atoms with Gasteiger partial charge < -0.3 is 19.9 Å². The van der Waals surface area contributed by atoms with Crippen LogP contribution in [0.3, 0.4) is 0 Å². The molecule has 1 fully saturated rings. The lowest BCUT2D eigenvalue weighted by Gasteiger charge is -2.39. The smallest absolute Gasteiger partial charge is 0.415 e. The minimum Gasteiger partial charge on any atom is -0.443 e. The van der Waals surface area contributed by atoms with Gasteiger partial charge in [0.25, 0.3) is 0 Å². The third-order valence-corrected chi connectivity index (χ3v) is 7.33. The molecule has 6 nitrogen and oxygen atoms in total. The number of amides is 1. The lowest BCUT2D eigenvalue weighted by Crippen LogP contribution is -2.47. The maximum atomic E-state index is 13.8. The number of hydrogen-bond donors (Lipinski definition) is 1. The van der Waals surface area contributed by atoms with Gasteiger partial charge in [0.05, 0.1) is 11.2 Å². The molecule has 0 spiro atoms. The van der Waals surface area contributed by atoms with Crippen LogP contribution in [0.2, 0.25) is 0 Å². The van der Waals surface area contributed by atoms with E-state index < -0.39 is 24.4 Å². The Labute approximate surface area is 228 Å². The molecule has 3 aromatic rings. The summed E-state index contributed by atoms with van der Waals surface area (Å²) in [6, 6.07) is 14.5. The van der Waals surface area contributed by atoms with Gasteiger partial charge in [-0.3, -0.25) is 4.90 Å². The van der Waals surface area contributed by atoms with Gasteiger partial charge in [0.2, 0.25) is 0 Å². The van der Waals surface area contributed by atoms with Gasteiger partial charge in [-0.05, 0) is 95.9 Å². The average molecular weight is 545 g/mol. The number of rotatable bonds is 6. The third-order valence-electron chi connectivity index (χ3n) is 7.33. The fourth-order valence-corrected chi connectivity index (χ4v) is 5.51. The zero-order valence-corrected chi connectivity index (χ0v) is 23.4. The van der Waals surface area contributed by atoms with Crippen LogP contribution in [-0.2, 0) is 17.8 Å². The van der Waals surface area contributed by atoms with Crippen LogP contribution in [0.4, 0.5) is 23.7 Å². The van der Waals surface area contributed by atoms with Gasteiger partial charge in [0, 0.05) is 29.7 Å². The number of ether oxygens (including phenoxy) is 1. The Balaban J connectivity index is 1.88. The number of carbonyl (C=O) groups excluding carboxylic acids is 1. The van der Waals surface area contributed by atoms with Crippen molar-refractivity contribution in [2.24, 2.45) is 5.73 Å². The van der Waals surface area contributed by atoms with Crippen molar-refractivity contribution in [1.82, 2.24) is 9.47 Å². The van der Waals surface area contributed by atoms with Gasteiger partial charge in [-0.1, -0.05) is 24.3 Å². The number of benzene rings is 2. The Morgan fingerprint density at radius 3 is 2.23 bits per heavy atom. The van der Waals surface area contributed by atoms with E-state index in [1.807, 2.05) is 39.0 Å². The van der Waals surface area contributed by atoms with E-state index in [0.29, 0.717) is 33.9 Å². The molecule has 0 atom stereocenters. The van der Waals surface area contributed by atoms with Crippen LogP contribution in [0.5, 0.6) is 0 Å². The summed E-state index contributed by atoms with van der Waals surface area (Å²) in [5.41, 5.74) is 7.96. The molecule has 0 bridgehead atoms. The van der Waals surface area contributed by atoms with Crippen molar-refractivity contribution in [1.29, 1.82) is 0 Å². The highest BCUT2D eigenvalue weighted by Gasteiger charge is 2.36. The maximum Gasteiger partial charge on any atom is 0.415 e. The summed E-state index contributed by atoms with van der Waals surface area (Å²) < 4.78 is 48.6. The third kappa shape index (κ3) is 6.76. The summed E-state index contributed by atoms with van der Waals surface area (Å²) in [5.74, 6) is 0. The molecule has 0 radical (unpaired) electrons. The standard InChI is InChI=1S/C30H39F3N4O2/c1-29(2,3)39-28(38)37(23-14-12-22(13-15-23)35(4)5)26-11-7-10-25-24(26)17-27(36(25)19-30(31,32)33)21-9-6-8-20(16-21)18-34/h6-11,16-17,22-23H,12-15,18-19,34H2,1-5H3. The SMILES string of the molecule is CN(C)C1CCC(N(C(=O)OC(C)(C)C)c2cccc3c2cc(-c2cccc(CN)c2)n3CC(F)(F)F)CC1. The van der Waals surface area contributed by atoms with Crippen LogP contribution in [0.25, 0.3) is 22.2 Å². The van der Waals surface area contributed by atoms with Crippen LogP contribution >= 0.6 is 0 Å². The van der Waals surface area contributed by atoms with E-state index in [4.69, 9.17) is 10.5 Å². The van der Waals surface area contributed by atoms with Gasteiger partial charge in [-0.2, -0.15) is 13.2 Å². The van der Waals surface area contributed by atoms with Crippen molar-refractivity contribution in [3.8, 4) is 11.3 Å². The molecule has 212 valence electrons. The van der Waals surface area contributed by atoms with Gasteiger partial charge in [-0.25, -0.2) is 4.79 Å². The van der Waals surface area contributed by atoms with Crippen LogP contribution in [0, 0.1) is 0 Å². The minimum absolute atomic E-state index is 0.128. The highest BCUT2D eigenvalue weighted by molar-refractivity contribution is 6.03. The molecule has 0 saturated heterocycles. The lowest BCUT2D eigenvalue weighted by molar-refractivity contribution is -0.139. The zero-order chi connectivity index (χ0) is 28.5. The summed E-state index contributed by atoms with van der Waals surface area (Å²) in [6.45, 7) is 4.57. The molecule has 1 saturated carbocycles. The number of fused-ring (bicyclic) bond motifs is 1. The predicted molar refractivity (Wildman–Crippen MR) is 150 cm³/mol. The normalized spacial score (nSPS) is 18.5. The van der Waals surface area contributed by atoms with Crippen molar-refractivity contribution >= 4 is 22.7 Å². The molecule has 1 heterocycles. The van der Waals surface area contributed by atoms with Crippen LogP contribution < -0.4 is 10.6 Å². The quantitative estimate of drug-likeness (QED) is 0.365. The molecule has 39 heavy (non-hydrogen) atoms. The first kappa shape index (κ1) is 29.0. The van der Waals surface area contributed by atoms with E-state index in [-0.39, 0.29) is 12.6 Å². The number of halogens is 3. The van der Waals surface area contributed by atoms with E-state index in [0.717, 1.165) is 31.2 Å². The Morgan fingerprint density at radius 1 is 1.00 bits per heavy atom. The second-order valence-corrected chi connectivity index (χ2v) is 11.6. The average Bonchev–Trinajstić information content (AvgIpc) is 3.21. The topological polar surface area (TPSA) is 63.7 Å². The van der Waals surface area contributed by atoms with E-state index >= 15 is 0 Å². The number of alkyl halides is 3. The van der Waals surface area contributed by atoms with E-state index in [1.165, 1.54) is 4.57 Å². The van der Waals surface area contributed by atoms with Crippen molar-refractivity contribution in [2.45, 2.75) is 83.4 Å². The molecule has 0 unspecified atom stereocenters. The monoisotopic (exact) mass is 544 g/mol. The Morgan fingerprint density at radius 2 is 1.64 bits per heavy atom.